The van der Waals surface area contributed by atoms with E-state index in [4.69, 9.17) is 16.6 Å². The number of hydrogen-bond acceptors (Lipinski definition) is 6. The molecule has 2 amide bonds. The molecule has 2 atom stereocenters. The molecule has 1 aromatic carbocycles. The smallest absolute Gasteiger partial charge is 0.326 e. The number of carbonyl (C=O) groups is 5. The molecule has 0 saturated heterocycles. The Bertz CT molecular complexity index is 860. The molecule has 0 aromatic heterocycles. The Morgan fingerprint density at radius 1 is 0.871 bits per heavy atom. The summed E-state index contributed by atoms with van der Waals surface area (Å²) in [6.07, 6.45) is 3.69. The first kappa shape index (κ1) is 25.0. The molecular weight excluding hydrogens is 410 g/mol. The van der Waals surface area contributed by atoms with Crippen molar-refractivity contribution < 1.29 is 39.3 Å². The zero-order chi connectivity index (χ0) is 23.4. The van der Waals surface area contributed by atoms with Gasteiger partial charge in [-0.25, -0.2) is 9.59 Å². The van der Waals surface area contributed by atoms with Gasteiger partial charge >= 0.3 is 17.9 Å². The van der Waals surface area contributed by atoms with Crippen molar-refractivity contribution in [2.75, 3.05) is 11.9 Å². The van der Waals surface area contributed by atoms with Gasteiger partial charge in [0.1, 0.15) is 12.1 Å². The fourth-order valence-electron chi connectivity index (χ4n) is 2.46. The van der Waals surface area contributed by atoms with Gasteiger partial charge < -0.3 is 31.3 Å². The van der Waals surface area contributed by atoms with Crippen LogP contribution >= 0.6 is 0 Å². The van der Waals surface area contributed by atoms with Crippen LogP contribution in [0.4, 0.5) is 5.69 Å². The molecule has 0 saturated carbocycles. The maximum absolute atomic E-state index is 12.3. The second-order valence-electron chi connectivity index (χ2n) is 6.43. The van der Waals surface area contributed by atoms with Gasteiger partial charge in [0.25, 0.3) is 5.91 Å². The first-order valence-corrected chi connectivity index (χ1v) is 9.19. The van der Waals surface area contributed by atoms with Crippen LogP contribution in [0, 0.1) is 12.3 Å². The van der Waals surface area contributed by atoms with E-state index in [1.807, 2.05) is 0 Å². The molecule has 1 aromatic rings. The van der Waals surface area contributed by atoms with Crippen LogP contribution in [0.1, 0.15) is 36.0 Å². The highest BCUT2D eigenvalue weighted by atomic mass is 16.4. The monoisotopic (exact) mass is 433 g/mol. The average Bonchev–Trinajstić information content (AvgIpc) is 2.72. The first-order chi connectivity index (χ1) is 14.6. The van der Waals surface area contributed by atoms with Gasteiger partial charge in [-0.3, -0.25) is 14.4 Å². The summed E-state index contributed by atoms with van der Waals surface area (Å²) in [5.74, 6) is -3.03. The second kappa shape index (κ2) is 12.5. The van der Waals surface area contributed by atoms with Gasteiger partial charge in [-0.2, -0.15) is 0 Å². The lowest BCUT2D eigenvalue weighted by molar-refractivity contribution is -0.143. The number of aliphatic carboxylic acids is 3. The van der Waals surface area contributed by atoms with Gasteiger partial charge in [-0.1, -0.05) is 5.92 Å². The van der Waals surface area contributed by atoms with Crippen molar-refractivity contribution in [3.8, 4) is 12.3 Å². The number of benzene rings is 1. The molecule has 0 radical (unpaired) electrons. The van der Waals surface area contributed by atoms with Crippen molar-refractivity contribution in [1.82, 2.24) is 10.6 Å². The van der Waals surface area contributed by atoms with E-state index in [2.05, 4.69) is 21.9 Å². The summed E-state index contributed by atoms with van der Waals surface area (Å²) in [7, 11) is 0. The maximum Gasteiger partial charge on any atom is 0.326 e. The molecule has 0 aliphatic heterocycles. The van der Waals surface area contributed by atoms with Crippen molar-refractivity contribution in [1.29, 1.82) is 0 Å². The third-order valence-electron chi connectivity index (χ3n) is 4.09. The topological polar surface area (TPSA) is 182 Å². The molecular formula is C20H23N3O8. The number of amides is 2. The van der Waals surface area contributed by atoms with E-state index < -0.39 is 48.2 Å². The van der Waals surface area contributed by atoms with Crippen molar-refractivity contribution in [3.05, 3.63) is 29.8 Å². The highest BCUT2D eigenvalue weighted by Crippen LogP contribution is 2.10. The van der Waals surface area contributed by atoms with E-state index in [0.717, 1.165) is 0 Å². The number of anilines is 1. The molecule has 6 N–H and O–H groups in total. The standard InChI is InChI=1S/C20H23N3O8/c1-2-11-21-13-5-3-12(4-6-13)18(27)23-15(20(30)31)7-9-16(24)22-14(19(28)29)8-10-17(25)26/h1,3-6,14-15,21H,7-11H2,(H,22,24)(H,23,27)(H,25,26)(H,28,29)(H,30,31)/t14?,15-/m0/s1. The number of carboxylic acid groups (broad SMARTS) is 3. The van der Waals surface area contributed by atoms with Gasteiger partial charge in [0.15, 0.2) is 0 Å². The summed E-state index contributed by atoms with van der Waals surface area (Å²) in [5, 5.41) is 34.3. The van der Waals surface area contributed by atoms with Gasteiger partial charge in [0, 0.05) is 24.1 Å². The van der Waals surface area contributed by atoms with Crippen LogP contribution in [0.3, 0.4) is 0 Å². The van der Waals surface area contributed by atoms with E-state index in [1.54, 1.807) is 12.1 Å². The molecule has 0 heterocycles. The van der Waals surface area contributed by atoms with Crippen LogP contribution in [-0.4, -0.2) is 63.7 Å². The predicted molar refractivity (Wildman–Crippen MR) is 108 cm³/mol. The lowest BCUT2D eigenvalue weighted by Gasteiger charge is -2.16. The largest absolute Gasteiger partial charge is 0.481 e. The molecule has 166 valence electrons. The fourth-order valence-corrected chi connectivity index (χ4v) is 2.46. The molecule has 0 aliphatic rings. The Labute approximate surface area is 177 Å². The zero-order valence-electron chi connectivity index (χ0n) is 16.5. The van der Waals surface area contributed by atoms with Gasteiger partial charge in [-0.05, 0) is 37.1 Å². The Balaban J connectivity index is 2.63. The van der Waals surface area contributed by atoms with Crippen molar-refractivity contribution in [3.63, 3.8) is 0 Å². The number of hydrogen-bond donors (Lipinski definition) is 6. The number of nitrogens with one attached hydrogen (secondary N) is 3. The summed E-state index contributed by atoms with van der Waals surface area (Å²) < 4.78 is 0. The van der Waals surface area contributed by atoms with E-state index in [-0.39, 0.29) is 24.8 Å². The summed E-state index contributed by atoms with van der Waals surface area (Å²) in [4.78, 5) is 57.3. The number of carbonyl (C=O) groups excluding carboxylic acids is 2. The van der Waals surface area contributed by atoms with Crippen LogP contribution in [0.5, 0.6) is 0 Å². The fraction of sp³-hybridized carbons (Fsp3) is 0.350. The van der Waals surface area contributed by atoms with E-state index >= 15 is 0 Å². The minimum absolute atomic E-state index is 0.196. The number of terminal acetylenes is 1. The molecule has 0 spiro atoms. The minimum atomic E-state index is -1.41. The third-order valence-corrected chi connectivity index (χ3v) is 4.09. The maximum atomic E-state index is 12.3. The molecule has 1 rings (SSSR count). The third kappa shape index (κ3) is 9.31. The first-order valence-electron chi connectivity index (χ1n) is 9.19. The van der Waals surface area contributed by atoms with Crippen LogP contribution in [0.2, 0.25) is 0 Å². The number of rotatable bonds is 13. The predicted octanol–water partition coefficient (Wildman–Crippen LogP) is 0.129. The lowest BCUT2D eigenvalue weighted by Crippen LogP contribution is -2.44. The minimum Gasteiger partial charge on any atom is -0.481 e. The van der Waals surface area contributed by atoms with Gasteiger partial charge in [0.05, 0.1) is 6.54 Å². The SMILES string of the molecule is C#CCNc1ccc(C(=O)N[C@@H](CCC(=O)NC(CCC(=O)O)C(=O)O)C(=O)O)cc1. The van der Waals surface area contributed by atoms with Crippen LogP contribution in [0.15, 0.2) is 24.3 Å². The Hall–Kier alpha value is -4.07. The molecule has 31 heavy (non-hydrogen) atoms. The van der Waals surface area contributed by atoms with Crippen molar-refractivity contribution in [2.45, 2.75) is 37.8 Å². The van der Waals surface area contributed by atoms with Gasteiger partial charge in [-0.15, -0.1) is 6.42 Å². The molecule has 1 unspecified atom stereocenters. The van der Waals surface area contributed by atoms with Crippen LogP contribution in [0.25, 0.3) is 0 Å². The van der Waals surface area contributed by atoms with Crippen LogP contribution in [-0.2, 0) is 19.2 Å². The Kier molecular flexibility index (Phi) is 10.1. The van der Waals surface area contributed by atoms with Gasteiger partial charge in [0.2, 0.25) is 5.91 Å². The summed E-state index contributed by atoms with van der Waals surface area (Å²) in [5.41, 5.74) is 0.874. The summed E-state index contributed by atoms with van der Waals surface area (Å²) in [6.45, 7) is 0.299. The molecule has 0 fully saturated rings. The average molecular weight is 433 g/mol. The summed E-state index contributed by atoms with van der Waals surface area (Å²) >= 11 is 0. The molecule has 11 heteroatoms. The van der Waals surface area contributed by atoms with Crippen LogP contribution < -0.4 is 16.0 Å². The van der Waals surface area contributed by atoms with E-state index in [9.17, 15) is 29.1 Å². The molecule has 0 aliphatic carbocycles. The van der Waals surface area contributed by atoms with E-state index in [0.29, 0.717) is 12.2 Å². The highest BCUT2D eigenvalue weighted by molar-refractivity contribution is 5.97. The molecule has 0 bridgehead atoms. The lowest BCUT2D eigenvalue weighted by atomic mass is 10.1. The Morgan fingerprint density at radius 3 is 1.94 bits per heavy atom. The van der Waals surface area contributed by atoms with Crippen molar-refractivity contribution in [2.24, 2.45) is 0 Å². The Morgan fingerprint density at radius 2 is 1.42 bits per heavy atom. The molecule has 11 nitrogen and oxygen atoms in total. The summed E-state index contributed by atoms with van der Waals surface area (Å²) in [6, 6.07) is 3.33. The highest BCUT2D eigenvalue weighted by Gasteiger charge is 2.24. The van der Waals surface area contributed by atoms with Crippen molar-refractivity contribution >= 4 is 35.4 Å². The second-order valence-corrected chi connectivity index (χ2v) is 6.43. The number of carboxylic acids is 3. The van der Waals surface area contributed by atoms with E-state index in [1.165, 1.54) is 12.1 Å². The quantitative estimate of drug-likeness (QED) is 0.235. The normalized spacial score (nSPS) is 12.0. The zero-order valence-corrected chi connectivity index (χ0v) is 16.5.